The molecule has 2 aromatic carbocycles. The summed E-state index contributed by atoms with van der Waals surface area (Å²) in [5.41, 5.74) is 2.34. The summed E-state index contributed by atoms with van der Waals surface area (Å²) in [5.74, 6) is 0.960. The molecule has 1 saturated heterocycles. The number of piperidine rings is 1. The Hall–Kier alpha value is -3.12. The summed E-state index contributed by atoms with van der Waals surface area (Å²) in [6.45, 7) is 5.00. The van der Waals surface area contributed by atoms with E-state index in [1.165, 1.54) is 12.0 Å². The lowest BCUT2D eigenvalue weighted by atomic mass is 9.98. The number of rotatable bonds is 4. The number of carbonyl (C=O) groups excluding carboxylic acids is 2. The van der Waals surface area contributed by atoms with Gasteiger partial charge < -0.3 is 19.5 Å². The largest absolute Gasteiger partial charge is 0.507 e. The van der Waals surface area contributed by atoms with Gasteiger partial charge in [-0.25, -0.2) is 4.79 Å². The predicted octanol–water partition coefficient (Wildman–Crippen LogP) is 2.61. The quantitative estimate of drug-likeness (QED) is 0.601. The minimum atomic E-state index is -0.412. The third-order valence-electron chi connectivity index (χ3n) is 5.95. The molecule has 2 N–H and O–H groups in total. The van der Waals surface area contributed by atoms with Gasteiger partial charge in [-0.1, -0.05) is 19.1 Å². The maximum atomic E-state index is 12.9. The number of phenols is 1. The van der Waals surface area contributed by atoms with Crippen LogP contribution < -0.4 is 9.64 Å². The van der Waals surface area contributed by atoms with E-state index < -0.39 is 5.97 Å². The van der Waals surface area contributed by atoms with Crippen molar-refractivity contribution in [2.24, 2.45) is 5.92 Å². The number of aromatic hydroxyl groups is 1. The van der Waals surface area contributed by atoms with Crippen LogP contribution in [0.1, 0.15) is 51.6 Å². The lowest BCUT2D eigenvalue weighted by Crippen LogP contribution is -3.11. The van der Waals surface area contributed by atoms with Gasteiger partial charge in [0.2, 0.25) is 5.78 Å². The summed E-state index contributed by atoms with van der Waals surface area (Å²) in [7, 11) is 1.33. The van der Waals surface area contributed by atoms with Crippen molar-refractivity contribution >= 4 is 17.8 Å². The Balaban J connectivity index is 1.58. The van der Waals surface area contributed by atoms with E-state index in [-0.39, 0.29) is 17.3 Å². The Bertz CT molecular complexity index is 1000. The van der Waals surface area contributed by atoms with Crippen LogP contribution in [0, 0.1) is 5.92 Å². The molecule has 2 aromatic rings. The highest BCUT2D eigenvalue weighted by Crippen LogP contribution is 2.39. The topological polar surface area (TPSA) is 77.3 Å². The van der Waals surface area contributed by atoms with E-state index in [0.717, 1.165) is 37.4 Å². The third-order valence-corrected chi connectivity index (χ3v) is 5.95. The van der Waals surface area contributed by atoms with E-state index in [1.54, 1.807) is 42.5 Å². The van der Waals surface area contributed by atoms with Gasteiger partial charge in [-0.2, -0.15) is 0 Å². The van der Waals surface area contributed by atoms with E-state index in [9.17, 15) is 14.7 Å². The zero-order valence-electron chi connectivity index (χ0n) is 17.2. The van der Waals surface area contributed by atoms with Crippen LogP contribution in [-0.2, 0) is 11.3 Å². The highest BCUT2D eigenvalue weighted by atomic mass is 16.5. The number of carbonyl (C=O) groups is 2. The van der Waals surface area contributed by atoms with Gasteiger partial charge in [0.05, 0.1) is 36.9 Å². The molecule has 0 aliphatic carbocycles. The molecule has 156 valence electrons. The molecule has 6 nitrogen and oxygen atoms in total. The molecule has 0 atom stereocenters. The molecule has 30 heavy (non-hydrogen) atoms. The van der Waals surface area contributed by atoms with Crippen molar-refractivity contribution in [3.05, 3.63) is 64.4 Å². The average Bonchev–Trinajstić information content (AvgIpc) is 3.07. The highest BCUT2D eigenvalue weighted by molar-refractivity contribution is 6.15. The van der Waals surface area contributed by atoms with Crippen molar-refractivity contribution in [2.75, 3.05) is 20.2 Å². The van der Waals surface area contributed by atoms with Crippen LogP contribution in [0.25, 0.3) is 6.08 Å². The van der Waals surface area contributed by atoms with Crippen LogP contribution in [0.2, 0.25) is 0 Å². The fraction of sp³-hybridized carbons (Fsp3) is 0.333. The molecular weight excluding hydrogens is 382 g/mol. The summed E-state index contributed by atoms with van der Waals surface area (Å²) >= 11 is 0. The maximum Gasteiger partial charge on any atom is 0.337 e. The SMILES string of the molecule is COC(=O)c1ccc(/C=C2\Oc3c(ccc(O)c3C[NH+]3CCC(C)CC3)C2=O)cc1. The molecule has 2 heterocycles. The Morgan fingerprint density at radius 3 is 2.57 bits per heavy atom. The molecule has 0 unspecified atom stereocenters. The minimum Gasteiger partial charge on any atom is -0.507 e. The lowest BCUT2D eigenvalue weighted by molar-refractivity contribution is -0.919. The summed E-state index contributed by atoms with van der Waals surface area (Å²) in [6.07, 6.45) is 3.98. The molecular formula is C24H26NO5+. The number of quaternary nitrogens is 1. The first-order valence-corrected chi connectivity index (χ1v) is 10.3. The van der Waals surface area contributed by atoms with Gasteiger partial charge in [-0.3, -0.25) is 4.79 Å². The number of nitrogens with one attached hydrogen (secondary N) is 1. The smallest absolute Gasteiger partial charge is 0.337 e. The predicted molar refractivity (Wildman–Crippen MR) is 112 cm³/mol. The van der Waals surface area contributed by atoms with Gasteiger partial charge in [0.1, 0.15) is 12.3 Å². The number of ether oxygens (including phenoxy) is 2. The van der Waals surface area contributed by atoms with Crippen molar-refractivity contribution in [1.29, 1.82) is 0 Å². The number of ketones is 1. The Kier molecular flexibility index (Phi) is 5.59. The number of hydrogen-bond acceptors (Lipinski definition) is 5. The fourth-order valence-corrected chi connectivity index (χ4v) is 4.05. The van der Waals surface area contributed by atoms with Crippen LogP contribution in [0.3, 0.4) is 0 Å². The number of esters is 1. The molecule has 0 bridgehead atoms. The molecule has 0 amide bonds. The van der Waals surface area contributed by atoms with Gasteiger partial charge in [-0.05, 0) is 54.7 Å². The standard InChI is InChI=1S/C24H25NO5/c1-15-9-11-25(12-10-15)14-19-20(26)8-7-18-22(27)21(30-23(18)19)13-16-3-5-17(6-4-16)24(28)29-2/h3-8,13,15,26H,9-12,14H2,1-2H3/p+1/b21-13-. The summed E-state index contributed by atoms with van der Waals surface area (Å²) in [5, 5.41) is 10.5. The van der Waals surface area contributed by atoms with E-state index in [2.05, 4.69) is 6.92 Å². The van der Waals surface area contributed by atoms with Gasteiger partial charge in [-0.15, -0.1) is 0 Å². The number of methoxy groups -OCH3 is 1. The van der Waals surface area contributed by atoms with Crippen molar-refractivity contribution < 1.29 is 29.1 Å². The van der Waals surface area contributed by atoms with Crippen LogP contribution >= 0.6 is 0 Å². The fourth-order valence-electron chi connectivity index (χ4n) is 4.05. The Morgan fingerprint density at radius 2 is 1.90 bits per heavy atom. The molecule has 6 heteroatoms. The van der Waals surface area contributed by atoms with Crippen molar-refractivity contribution in [3.8, 4) is 11.5 Å². The number of Topliss-reactive ketones (excluding diaryl/α,β-unsaturated/α-hetero) is 1. The second-order valence-corrected chi connectivity index (χ2v) is 8.10. The lowest BCUT2D eigenvalue weighted by Gasteiger charge is -2.27. The number of likely N-dealkylation sites (tertiary alicyclic amines) is 1. The average molecular weight is 408 g/mol. The second-order valence-electron chi connectivity index (χ2n) is 8.10. The number of phenolic OH excluding ortho intramolecular Hbond substituents is 1. The minimum absolute atomic E-state index is 0.163. The molecule has 4 rings (SSSR count). The Labute approximate surface area is 175 Å². The molecule has 2 aliphatic heterocycles. The van der Waals surface area contributed by atoms with Crippen molar-refractivity contribution in [3.63, 3.8) is 0 Å². The molecule has 0 aromatic heterocycles. The molecule has 2 aliphatic rings. The Morgan fingerprint density at radius 1 is 1.20 bits per heavy atom. The van der Waals surface area contributed by atoms with Crippen molar-refractivity contribution in [1.82, 2.24) is 0 Å². The van der Waals surface area contributed by atoms with Gasteiger partial charge >= 0.3 is 5.97 Å². The zero-order valence-corrected chi connectivity index (χ0v) is 17.2. The first-order chi connectivity index (χ1) is 14.5. The summed E-state index contributed by atoms with van der Waals surface area (Å²) < 4.78 is 10.6. The second kappa shape index (κ2) is 8.32. The zero-order chi connectivity index (χ0) is 21.3. The van der Waals surface area contributed by atoms with Gasteiger partial charge in [0, 0.05) is 0 Å². The number of fused-ring (bicyclic) bond motifs is 1. The van der Waals surface area contributed by atoms with Gasteiger partial charge in [0.25, 0.3) is 0 Å². The summed E-state index contributed by atoms with van der Waals surface area (Å²) in [4.78, 5) is 25.8. The molecule has 0 spiro atoms. The van der Waals surface area contributed by atoms with E-state index >= 15 is 0 Å². The van der Waals surface area contributed by atoms with Gasteiger partial charge in [0.15, 0.2) is 11.5 Å². The van der Waals surface area contributed by atoms with Crippen LogP contribution in [0.5, 0.6) is 11.5 Å². The maximum absolute atomic E-state index is 12.9. The third kappa shape index (κ3) is 3.96. The van der Waals surface area contributed by atoms with Crippen molar-refractivity contribution in [2.45, 2.75) is 26.3 Å². The number of allylic oxidation sites excluding steroid dienone is 1. The van der Waals surface area contributed by atoms with E-state index in [4.69, 9.17) is 9.47 Å². The van der Waals surface area contributed by atoms with E-state index in [1.807, 2.05) is 0 Å². The van der Waals surface area contributed by atoms with Crippen LogP contribution in [-0.4, -0.2) is 37.1 Å². The first-order valence-electron chi connectivity index (χ1n) is 10.3. The number of hydrogen-bond donors (Lipinski definition) is 2. The molecule has 0 radical (unpaired) electrons. The van der Waals surface area contributed by atoms with Crippen LogP contribution in [0.4, 0.5) is 0 Å². The van der Waals surface area contributed by atoms with E-state index in [0.29, 0.717) is 29.0 Å². The normalized spacial score (nSPS) is 21.9. The monoisotopic (exact) mass is 408 g/mol. The summed E-state index contributed by atoms with van der Waals surface area (Å²) in [6, 6.07) is 9.94. The molecule has 0 saturated carbocycles. The molecule has 1 fully saturated rings. The first kappa shape index (κ1) is 20.2. The highest BCUT2D eigenvalue weighted by Gasteiger charge is 2.33. The van der Waals surface area contributed by atoms with Crippen LogP contribution in [0.15, 0.2) is 42.2 Å². The number of benzene rings is 2.